The van der Waals surface area contributed by atoms with Crippen molar-refractivity contribution in [2.45, 2.75) is 26.3 Å². The molecule has 7 nitrogen and oxygen atoms in total. The first-order valence-corrected chi connectivity index (χ1v) is 10.7. The average molecular weight is 380 g/mol. The summed E-state index contributed by atoms with van der Waals surface area (Å²) in [6.07, 6.45) is 3.81. The number of aromatic nitrogens is 1. The van der Waals surface area contributed by atoms with Gasteiger partial charge < -0.3 is 15.2 Å². The summed E-state index contributed by atoms with van der Waals surface area (Å²) in [5, 5.41) is 7.74. The zero-order chi connectivity index (χ0) is 18.8. The maximum Gasteiger partial charge on any atom is 0.211 e. The molecule has 8 heteroatoms. The lowest BCUT2D eigenvalue weighted by atomic mass is 10.2. The lowest BCUT2D eigenvalue weighted by Gasteiger charge is -2.12. The number of benzene rings is 1. The molecule has 144 valence electrons. The van der Waals surface area contributed by atoms with E-state index in [2.05, 4.69) is 61.4 Å². The summed E-state index contributed by atoms with van der Waals surface area (Å²) in [5.74, 6) is 0.848. The van der Waals surface area contributed by atoms with E-state index in [1.54, 1.807) is 14.0 Å². The Kier molecular flexibility index (Phi) is 7.93. The smallest absolute Gasteiger partial charge is 0.211 e. The lowest BCUT2D eigenvalue weighted by molar-refractivity contribution is 0.579. The number of para-hydroxylation sites is 1. The van der Waals surface area contributed by atoms with Crippen LogP contribution in [0.25, 0.3) is 10.9 Å². The number of aryl methyl sites for hydroxylation is 1. The Morgan fingerprint density at radius 2 is 1.81 bits per heavy atom. The molecule has 0 saturated carbocycles. The van der Waals surface area contributed by atoms with Crippen LogP contribution < -0.4 is 15.4 Å². The predicted molar refractivity (Wildman–Crippen MR) is 108 cm³/mol. The van der Waals surface area contributed by atoms with E-state index in [4.69, 9.17) is 0 Å². The molecule has 0 fully saturated rings. The molecule has 3 N–H and O–H groups in total. The van der Waals surface area contributed by atoms with Crippen molar-refractivity contribution in [1.82, 2.24) is 19.9 Å². The molecule has 0 atom stereocenters. The van der Waals surface area contributed by atoms with Crippen molar-refractivity contribution < 1.29 is 8.42 Å². The van der Waals surface area contributed by atoms with Crippen molar-refractivity contribution >= 4 is 26.9 Å². The summed E-state index contributed by atoms with van der Waals surface area (Å²) < 4.78 is 27.5. The molecule has 0 spiro atoms. The third-order valence-corrected chi connectivity index (χ3v) is 5.52. The van der Waals surface area contributed by atoms with Crippen LogP contribution in [0.4, 0.5) is 0 Å². The van der Waals surface area contributed by atoms with E-state index in [-0.39, 0.29) is 5.75 Å². The fraction of sp³-hybridized carbons (Fsp3) is 0.500. The normalized spacial score (nSPS) is 12.5. The van der Waals surface area contributed by atoms with E-state index in [0.29, 0.717) is 19.5 Å². The highest BCUT2D eigenvalue weighted by Crippen LogP contribution is 2.15. The number of guanidine groups is 1. The monoisotopic (exact) mass is 379 g/mol. The molecular formula is C18H29N5O2S. The van der Waals surface area contributed by atoms with Gasteiger partial charge in [0.2, 0.25) is 10.0 Å². The number of nitrogens with zero attached hydrogens (tertiary/aromatic N) is 2. The lowest BCUT2D eigenvalue weighted by Crippen LogP contribution is -2.39. The Bertz CT molecular complexity index is 814. The summed E-state index contributed by atoms with van der Waals surface area (Å²) in [4.78, 5) is 4.18. The fourth-order valence-corrected chi connectivity index (χ4v) is 3.30. The van der Waals surface area contributed by atoms with E-state index in [1.807, 2.05) is 0 Å². The molecule has 1 heterocycles. The highest BCUT2D eigenvalue weighted by atomic mass is 32.2. The summed E-state index contributed by atoms with van der Waals surface area (Å²) in [5.41, 5.74) is 1.25. The second kappa shape index (κ2) is 10.2. The quantitative estimate of drug-likeness (QED) is 0.332. The first-order valence-electron chi connectivity index (χ1n) is 9.01. The second-order valence-corrected chi connectivity index (χ2v) is 8.09. The Morgan fingerprint density at radius 3 is 2.54 bits per heavy atom. The van der Waals surface area contributed by atoms with Crippen molar-refractivity contribution in [3.05, 3.63) is 36.5 Å². The van der Waals surface area contributed by atoms with E-state index in [9.17, 15) is 8.42 Å². The SMILES string of the molecule is CCS(=O)(=O)NCCCNC(=NC)NCCCn1ccc2ccccc21. The van der Waals surface area contributed by atoms with Crippen LogP contribution in [0.3, 0.4) is 0 Å². The van der Waals surface area contributed by atoms with Crippen molar-refractivity contribution in [1.29, 1.82) is 0 Å². The van der Waals surface area contributed by atoms with Crippen LogP contribution in [0.15, 0.2) is 41.5 Å². The first kappa shape index (κ1) is 20.3. The number of hydrogen-bond donors (Lipinski definition) is 3. The molecule has 0 aliphatic heterocycles. The second-order valence-electron chi connectivity index (χ2n) is 6.00. The molecule has 0 aliphatic rings. The van der Waals surface area contributed by atoms with Crippen molar-refractivity contribution in [3.8, 4) is 0 Å². The van der Waals surface area contributed by atoms with Crippen LogP contribution in [0.1, 0.15) is 19.8 Å². The molecule has 2 rings (SSSR count). The minimum absolute atomic E-state index is 0.111. The van der Waals surface area contributed by atoms with E-state index in [0.717, 1.165) is 25.5 Å². The van der Waals surface area contributed by atoms with Crippen LogP contribution in [0, 0.1) is 0 Å². The Balaban J connectivity index is 1.63. The van der Waals surface area contributed by atoms with E-state index >= 15 is 0 Å². The highest BCUT2D eigenvalue weighted by molar-refractivity contribution is 7.89. The molecule has 0 aliphatic carbocycles. The van der Waals surface area contributed by atoms with Gasteiger partial charge in [-0.15, -0.1) is 0 Å². The average Bonchev–Trinajstić information content (AvgIpc) is 3.06. The van der Waals surface area contributed by atoms with Crippen molar-refractivity contribution in [2.24, 2.45) is 4.99 Å². The molecule has 26 heavy (non-hydrogen) atoms. The Labute approximate surface area is 155 Å². The maximum absolute atomic E-state index is 11.3. The van der Waals surface area contributed by atoms with Gasteiger partial charge in [0.1, 0.15) is 0 Å². The summed E-state index contributed by atoms with van der Waals surface area (Å²) in [6, 6.07) is 10.5. The van der Waals surface area contributed by atoms with Gasteiger partial charge in [0.05, 0.1) is 5.75 Å². The molecule has 0 bridgehead atoms. The van der Waals surface area contributed by atoms with Gasteiger partial charge in [0.25, 0.3) is 0 Å². The molecule has 0 unspecified atom stereocenters. The minimum atomic E-state index is -3.11. The van der Waals surface area contributed by atoms with E-state index in [1.165, 1.54) is 10.9 Å². The van der Waals surface area contributed by atoms with E-state index < -0.39 is 10.0 Å². The number of nitrogens with one attached hydrogen (secondary N) is 3. The number of rotatable bonds is 10. The first-order chi connectivity index (χ1) is 12.6. The number of sulfonamides is 1. The Hall–Kier alpha value is -2.06. The maximum atomic E-state index is 11.3. The molecule has 2 aromatic rings. The van der Waals surface area contributed by atoms with Gasteiger partial charge in [-0.3, -0.25) is 4.99 Å². The molecule has 1 aromatic carbocycles. The largest absolute Gasteiger partial charge is 0.356 e. The van der Waals surface area contributed by atoms with Gasteiger partial charge in [0.15, 0.2) is 5.96 Å². The van der Waals surface area contributed by atoms with Crippen LogP contribution in [-0.4, -0.2) is 51.4 Å². The molecule has 0 radical (unpaired) electrons. The van der Waals surface area contributed by atoms with Gasteiger partial charge in [-0.05, 0) is 37.3 Å². The molecule has 0 saturated heterocycles. The number of aliphatic imine (C=N–C) groups is 1. The molecule has 0 amide bonds. The summed E-state index contributed by atoms with van der Waals surface area (Å²) >= 11 is 0. The minimum Gasteiger partial charge on any atom is -0.356 e. The van der Waals surface area contributed by atoms with Crippen LogP contribution in [0.5, 0.6) is 0 Å². The van der Waals surface area contributed by atoms with Crippen LogP contribution >= 0.6 is 0 Å². The van der Waals surface area contributed by atoms with Gasteiger partial charge in [-0.25, -0.2) is 13.1 Å². The zero-order valence-corrected chi connectivity index (χ0v) is 16.3. The predicted octanol–water partition coefficient (Wildman–Crippen LogP) is 1.53. The third kappa shape index (κ3) is 6.34. The molecular weight excluding hydrogens is 350 g/mol. The van der Waals surface area contributed by atoms with Gasteiger partial charge >= 0.3 is 0 Å². The Morgan fingerprint density at radius 1 is 1.08 bits per heavy atom. The molecule has 1 aromatic heterocycles. The van der Waals surface area contributed by atoms with Gasteiger partial charge in [-0.1, -0.05) is 18.2 Å². The van der Waals surface area contributed by atoms with Gasteiger partial charge in [0, 0.05) is 44.9 Å². The van der Waals surface area contributed by atoms with Crippen molar-refractivity contribution in [2.75, 3.05) is 32.4 Å². The topological polar surface area (TPSA) is 87.5 Å². The standard InChI is InChI=1S/C18H29N5O2S/c1-3-26(24,25)22-13-6-11-20-18(19-2)21-12-7-14-23-15-10-16-8-4-5-9-17(16)23/h4-5,8-10,15,22H,3,6-7,11-14H2,1-2H3,(H2,19,20,21). The van der Waals surface area contributed by atoms with Crippen LogP contribution in [0.2, 0.25) is 0 Å². The van der Waals surface area contributed by atoms with Crippen LogP contribution in [-0.2, 0) is 16.6 Å². The summed E-state index contributed by atoms with van der Waals surface area (Å²) in [6.45, 7) is 4.48. The highest BCUT2D eigenvalue weighted by Gasteiger charge is 2.04. The fourth-order valence-electron chi connectivity index (χ4n) is 2.64. The summed E-state index contributed by atoms with van der Waals surface area (Å²) in [7, 11) is -1.38. The number of hydrogen-bond acceptors (Lipinski definition) is 3. The van der Waals surface area contributed by atoms with Gasteiger partial charge in [-0.2, -0.15) is 0 Å². The number of fused-ring (bicyclic) bond motifs is 1. The van der Waals surface area contributed by atoms with Crippen molar-refractivity contribution in [3.63, 3.8) is 0 Å². The zero-order valence-electron chi connectivity index (χ0n) is 15.5. The third-order valence-electron chi connectivity index (χ3n) is 4.12.